The molecule has 0 aliphatic rings. The molecule has 0 atom stereocenters. The lowest BCUT2D eigenvalue weighted by Crippen LogP contribution is -2.28. The van der Waals surface area contributed by atoms with Gasteiger partial charge in [0.25, 0.3) is 0 Å². The van der Waals surface area contributed by atoms with Crippen LogP contribution in [0.3, 0.4) is 0 Å². The van der Waals surface area contributed by atoms with Gasteiger partial charge in [-0.1, -0.05) is 6.92 Å². The molecule has 148 valence electrons. The highest BCUT2D eigenvalue weighted by Gasteiger charge is 2.32. The van der Waals surface area contributed by atoms with Gasteiger partial charge >= 0.3 is 11.7 Å². The van der Waals surface area contributed by atoms with Crippen LogP contribution in [0.5, 0.6) is 5.75 Å². The van der Waals surface area contributed by atoms with Crippen LogP contribution < -0.4 is 5.56 Å². The summed E-state index contributed by atoms with van der Waals surface area (Å²) in [4.78, 5) is 13.0. The maximum atomic E-state index is 13.4. The second kappa shape index (κ2) is 6.77. The number of aromatic nitrogens is 4. The summed E-state index contributed by atoms with van der Waals surface area (Å²) in [5.74, 6) is -1.18. The number of rotatable bonds is 3. The number of aryl methyl sites for hydroxylation is 3. The van der Waals surface area contributed by atoms with Crippen LogP contribution in [0.4, 0.5) is 17.6 Å². The summed E-state index contributed by atoms with van der Waals surface area (Å²) in [5.41, 5.74) is -1.41. The van der Waals surface area contributed by atoms with Gasteiger partial charge in [0.05, 0.1) is 23.6 Å². The molecule has 0 bridgehead atoms. The summed E-state index contributed by atoms with van der Waals surface area (Å²) in [6.07, 6.45) is -2.54. The van der Waals surface area contributed by atoms with Crippen molar-refractivity contribution in [3.63, 3.8) is 0 Å². The molecule has 1 aromatic carbocycles. The zero-order chi connectivity index (χ0) is 20.8. The van der Waals surface area contributed by atoms with E-state index in [0.29, 0.717) is 0 Å². The van der Waals surface area contributed by atoms with Crippen molar-refractivity contribution in [3.05, 3.63) is 63.1 Å². The average molecular weight is 396 g/mol. The van der Waals surface area contributed by atoms with E-state index < -0.39 is 28.9 Å². The molecule has 1 N–H and O–H groups in total. The third kappa shape index (κ3) is 3.25. The number of alkyl halides is 3. The molecule has 28 heavy (non-hydrogen) atoms. The number of hydrogen-bond acceptors (Lipinski definition) is 4. The molecule has 2 heterocycles. The van der Waals surface area contributed by atoms with Crippen LogP contribution in [-0.2, 0) is 12.6 Å². The Hall–Kier alpha value is -3.17. The van der Waals surface area contributed by atoms with E-state index in [-0.39, 0.29) is 34.6 Å². The number of hydrogen-bond donors (Lipinski definition) is 1. The van der Waals surface area contributed by atoms with Crippen molar-refractivity contribution in [2.24, 2.45) is 0 Å². The van der Waals surface area contributed by atoms with E-state index in [1.54, 1.807) is 6.92 Å². The summed E-state index contributed by atoms with van der Waals surface area (Å²) in [7, 11) is 0. The van der Waals surface area contributed by atoms with Gasteiger partial charge in [-0.25, -0.2) is 9.07 Å². The topological polar surface area (TPSA) is 72.9 Å². The van der Waals surface area contributed by atoms with Crippen LogP contribution in [0.25, 0.3) is 11.4 Å². The van der Waals surface area contributed by atoms with Crippen LogP contribution in [0.15, 0.2) is 29.3 Å². The Morgan fingerprint density at radius 3 is 2.21 bits per heavy atom. The van der Waals surface area contributed by atoms with Gasteiger partial charge < -0.3 is 5.11 Å². The molecule has 0 radical (unpaired) electrons. The predicted octanol–water partition coefficient (Wildman–Crippen LogP) is 3.46. The second-order valence-electron chi connectivity index (χ2n) is 6.27. The van der Waals surface area contributed by atoms with Crippen molar-refractivity contribution in [3.8, 4) is 17.1 Å². The third-order valence-corrected chi connectivity index (χ3v) is 4.26. The maximum Gasteiger partial charge on any atom is 0.416 e. The summed E-state index contributed by atoms with van der Waals surface area (Å²) in [5, 5.41) is 18.2. The first-order chi connectivity index (χ1) is 13.0. The van der Waals surface area contributed by atoms with Gasteiger partial charge in [-0.05, 0) is 43.5 Å². The van der Waals surface area contributed by atoms with Crippen LogP contribution >= 0.6 is 0 Å². The van der Waals surface area contributed by atoms with Crippen molar-refractivity contribution in [2.45, 2.75) is 33.4 Å². The summed E-state index contributed by atoms with van der Waals surface area (Å²) < 4.78 is 54.3. The van der Waals surface area contributed by atoms with Gasteiger partial charge in [-0.3, -0.25) is 4.79 Å². The Morgan fingerprint density at radius 2 is 1.75 bits per heavy atom. The maximum absolute atomic E-state index is 13.4. The van der Waals surface area contributed by atoms with E-state index >= 15 is 0 Å². The molecular formula is C18H16F4N4O2. The molecule has 3 rings (SSSR count). The zero-order valence-corrected chi connectivity index (χ0v) is 15.2. The van der Waals surface area contributed by atoms with Crippen molar-refractivity contribution >= 4 is 0 Å². The molecule has 0 saturated heterocycles. The van der Waals surface area contributed by atoms with E-state index in [1.807, 2.05) is 0 Å². The Labute approximate surface area is 156 Å². The SMILES string of the molecule is CCc1nn(-c2c(C)cc(C(F)(F)F)cc2C)c(=O)c(-n2cc(F)cn2)c1O. The van der Waals surface area contributed by atoms with Gasteiger partial charge in [0, 0.05) is 0 Å². The van der Waals surface area contributed by atoms with Gasteiger partial charge in [0.15, 0.2) is 17.3 Å². The van der Waals surface area contributed by atoms with E-state index in [0.717, 1.165) is 33.9 Å². The normalized spacial score (nSPS) is 11.8. The highest BCUT2D eigenvalue weighted by molar-refractivity contribution is 5.53. The highest BCUT2D eigenvalue weighted by Crippen LogP contribution is 2.33. The number of halogens is 4. The number of benzene rings is 1. The monoisotopic (exact) mass is 396 g/mol. The van der Waals surface area contributed by atoms with Crippen molar-refractivity contribution in [1.82, 2.24) is 19.6 Å². The van der Waals surface area contributed by atoms with E-state index in [4.69, 9.17) is 0 Å². The van der Waals surface area contributed by atoms with E-state index in [9.17, 15) is 27.5 Å². The average Bonchev–Trinajstić information content (AvgIpc) is 3.01. The summed E-state index contributed by atoms with van der Waals surface area (Å²) >= 11 is 0. The minimum absolute atomic E-state index is 0.115. The quantitative estimate of drug-likeness (QED) is 0.689. The predicted molar refractivity (Wildman–Crippen MR) is 92.4 cm³/mol. The first-order valence-electron chi connectivity index (χ1n) is 8.29. The molecule has 0 amide bonds. The molecule has 3 aromatic rings. The van der Waals surface area contributed by atoms with Gasteiger partial charge in [0.1, 0.15) is 5.69 Å². The van der Waals surface area contributed by atoms with Crippen LogP contribution in [-0.4, -0.2) is 24.7 Å². The molecule has 0 spiro atoms. The fourth-order valence-corrected chi connectivity index (χ4v) is 3.02. The fraction of sp³-hybridized carbons (Fsp3) is 0.278. The molecule has 6 nitrogen and oxygen atoms in total. The molecule has 0 unspecified atom stereocenters. The van der Waals surface area contributed by atoms with Crippen LogP contribution in [0.1, 0.15) is 29.3 Å². The van der Waals surface area contributed by atoms with Crippen molar-refractivity contribution < 1.29 is 22.7 Å². The molecule has 2 aromatic heterocycles. The largest absolute Gasteiger partial charge is 0.504 e. The Bertz CT molecular complexity index is 1090. The van der Waals surface area contributed by atoms with Crippen LogP contribution in [0, 0.1) is 19.7 Å². The summed E-state index contributed by atoms with van der Waals surface area (Å²) in [6.45, 7) is 4.53. The molecule has 10 heteroatoms. The molecule has 0 fully saturated rings. The Kier molecular flexibility index (Phi) is 4.74. The van der Waals surface area contributed by atoms with Gasteiger partial charge in [-0.2, -0.15) is 28.1 Å². The first-order valence-corrected chi connectivity index (χ1v) is 8.29. The number of nitrogens with zero attached hydrogens (tertiary/aromatic N) is 4. The van der Waals surface area contributed by atoms with Crippen molar-refractivity contribution in [1.29, 1.82) is 0 Å². The third-order valence-electron chi connectivity index (χ3n) is 4.26. The lowest BCUT2D eigenvalue weighted by atomic mass is 10.0. The Balaban J connectivity index is 2.34. The lowest BCUT2D eigenvalue weighted by Gasteiger charge is -2.17. The molecular weight excluding hydrogens is 380 g/mol. The standard InChI is InChI=1S/C18H16F4N4O2/c1-4-13-16(27)15(25-8-12(19)7-23-25)17(28)26(24-13)14-9(2)5-11(6-10(14)3)18(20,21)22/h5-8,27H,4H2,1-3H3. The van der Waals surface area contributed by atoms with Crippen molar-refractivity contribution in [2.75, 3.05) is 0 Å². The van der Waals surface area contributed by atoms with Gasteiger partial charge in [0.2, 0.25) is 0 Å². The lowest BCUT2D eigenvalue weighted by molar-refractivity contribution is -0.137. The first kappa shape index (κ1) is 19.6. The minimum Gasteiger partial charge on any atom is -0.504 e. The van der Waals surface area contributed by atoms with Gasteiger partial charge in [-0.15, -0.1) is 0 Å². The van der Waals surface area contributed by atoms with E-state index in [1.165, 1.54) is 13.8 Å². The molecule has 0 aliphatic heterocycles. The smallest absolute Gasteiger partial charge is 0.416 e. The minimum atomic E-state index is -4.53. The second-order valence-corrected chi connectivity index (χ2v) is 6.27. The fourth-order valence-electron chi connectivity index (χ4n) is 3.02. The molecule has 0 saturated carbocycles. The highest BCUT2D eigenvalue weighted by atomic mass is 19.4. The zero-order valence-electron chi connectivity index (χ0n) is 15.2. The van der Waals surface area contributed by atoms with Crippen LogP contribution in [0.2, 0.25) is 0 Å². The summed E-state index contributed by atoms with van der Waals surface area (Å²) in [6, 6.07) is 1.84. The Morgan fingerprint density at radius 1 is 1.14 bits per heavy atom. The molecule has 0 aliphatic carbocycles. The van der Waals surface area contributed by atoms with E-state index in [2.05, 4.69) is 10.2 Å². The number of aromatic hydroxyl groups is 1.